The van der Waals surface area contributed by atoms with Crippen LogP contribution in [0.25, 0.3) is 0 Å². The summed E-state index contributed by atoms with van der Waals surface area (Å²) in [5.41, 5.74) is 2.96. The number of nitrogens with one attached hydrogen (secondary N) is 1. The Balaban J connectivity index is 1.87. The number of carbonyl (C=O) groups excluding carboxylic acids is 1. The smallest absolute Gasteiger partial charge is 0.258 e. The van der Waals surface area contributed by atoms with Gasteiger partial charge in [-0.2, -0.15) is 0 Å². The average molecular weight is 317 g/mol. The number of ether oxygens (including phenoxy) is 1. The van der Waals surface area contributed by atoms with Crippen LogP contribution in [0.2, 0.25) is 0 Å². The number of aryl methyl sites for hydroxylation is 2. The Kier molecular flexibility index (Phi) is 5.71. The van der Waals surface area contributed by atoms with Crippen LogP contribution < -0.4 is 10.1 Å². The van der Waals surface area contributed by atoms with E-state index in [1.54, 1.807) is 6.07 Å². The molecule has 0 atom stereocenters. The van der Waals surface area contributed by atoms with Gasteiger partial charge >= 0.3 is 0 Å². The van der Waals surface area contributed by atoms with Crippen molar-refractivity contribution in [2.75, 3.05) is 6.61 Å². The van der Waals surface area contributed by atoms with Crippen molar-refractivity contribution in [2.24, 2.45) is 0 Å². The molecule has 1 amide bonds. The minimum atomic E-state index is -0.458. The van der Waals surface area contributed by atoms with Crippen LogP contribution in [0.1, 0.15) is 22.3 Å². The number of halogens is 1. The Morgan fingerprint density at radius 3 is 2.74 bits per heavy atom. The number of hydrogen-bond donors (Lipinski definition) is 2. The van der Waals surface area contributed by atoms with Crippen LogP contribution >= 0.6 is 0 Å². The number of rotatable bonds is 6. The van der Waals surface area contributed by atoms with E-state index >= 15 is 0 Å². The van der Waals surface area contributed by atoms with Crippen LogP contribution in [0.5, 0.6) is 5.75 Å². The van der Waals surface area contributed by atoms with Crippen LogP contribution in [0, 0.1) is 19.7 Å². The largest absolute Gasteiger partial charge is 0.483 e. The summed E-state index contributed by atoms with van der Waals surface area (Å²) in [6.07, 6.45) is 0. The van der Waals surface area contributed by atoms with Gasteiger partial charge in [0.25, 0.3) is 5.91 Å². The quantitative estimate of drug-likeness (QED) is 0.861. The first kappa shape index (κ1) is 17.0. The molecule has 23 heavy (non-hydrogen) atoms. The van der Waals surface area contributed by atoms with E-state index in [2.05, 4.69) is 5.32 Å². The molecule has 0 aliphatic rings. The first-order chi connectivity index (χ1) is 11.0. The lowest BCUT2D eigenvalue weighted by Gasteiger charge is -2.11. The molecule has 0 spiro atoms. The van der Waals surface area contributed by atoms with Crippen molar-refractivity contribution in [1.82, 2.24) is 5.32 Å². The van der Waals surface area contributed by atoms with Crippen molar-refractivity contribution in [2.45, 2.75) is 27.0 Å². The molecule has 0 heterocycles. The molecule has 4 nitrogen and oxygen atoms in total. The second-order valence-electron chi connectivity index (χ2n) is 5.42. The summed E-state index contributed by atoms with van der Waals surface area (Å²) >= 11 is 0. The summed E-state index contributed by atoms with van der Waals surface area (Å²) in [5, 5.41) is 11.7. The van der Waals surface area contributed by atoms with Crippen molar-refractivity contribution in [3.8, 4) is 5.75 Å². The minimum Gasteiger partial charge on any atom is -0.483 e. The maximum Gasteiger partial charge on any atom is 0.258 e. The van der Waals surface area contributed by atoms with Crippen LogP contribution in [0.15, 0.2) is 36.4 Å². The summed E-state index contributed by atoms with van der Waals surface area (Å²) in [4.78, 5) is 11.8. The molecular formula is C18H20FNO3. The van der Waals surface area contributed by atoms with Gasteiger partial charge in [-0.15, -0.1) is 0 Å². The first-order valence-electron chi connectivity index (χ1n) is 7.34. The Bertz CT molecular complexity index is 701. The second kappa shape index (κ2) is 7.74. The van der Waals surface area contributed by atoms with Gasteiger partial charge in [0.15, 0.2) is 6.61 Å². The molecule has 2 aromatic rings. The monoisotopic (exact) mass is 317 g/mol. The van der Waals surface area contributed by atoms with Gasteiger partial charge < -0.3 is 15.2 Å². The molecule has 0 saturated heterocycles. The van der Waals surface area contributed by atoms with E-state index in [-0.39, 0.29) is 31.2 Å². The normalized spacial score (nSPS) is 10.4. The van der Waals surface area contributed by atoms with Gasteiger partial charge in [0.05, 0.1) is 6.61 Å². The van der Waals surface area contributed by atoms with Gasteiger partial charge in [0.1, 0.15) is 11.6 Å². The van der Waals surface area contributed by atoms with Crippen molar-refractivity contribution in [3.63, 3.8) is 0 Å². The third-order valence-electron chi connectivity index (χ3n) is 3.47. The molecule has 0 radical (unpaired) electrons. The van der Waals surface area contributed by atoms with E-state index in [4.69, 9.17) is 9.84 Å². The lowest BCUT2D eigenvalue weighted by molar-refractivity contribution is -0.123. The summed E-state index contributed by atoms with van der Waals surface area (Å²) in [7, 11) is 0. The van der Waals surface area contributed by atoms with E-state index in [0.29, 0.717) is 5.75 Å². The predicted octanol–water partition coefficient (Wildman–Crippen LogP) is 2.63. The lowest BCUT2D eigenvalue weighted by Crippen LogP contribution is -2.28. The maximum absolute atomic E-state index is 13.3. The SMILES string of the molecule is Cc1ccc(C)c(OCC(=O)NCc2ccc(F)c(CO)c2)c1. The topological polar surface area (TPSA) is 58.6 Å². The molecule has 0 bridgehead atoms. The molecule has 122 valence electrons. The van der Waals surface area contributed by atoms with E-state index < -0.39 is 5.82 Å². The first-order valence-corrected chi connectivity index (χ1v) is 7.34. The Morgan fingerprint density at radius 1 is 1.22 bits per heavy atom. The minimum absolute atomic E-state index is 0.0850. The zero-order valence-electron chi connectivity index (χ0n) is 13.2. The van der Waals surface area contributed by atoms with E-state index in [9.17, 15) is 9.18 Å². The summed E-state index contributed by atoms with van der Waals surface area (Å²) < 4.78 is 18.8. The van der Waals surface area contributed by atoms with Crippen molar-refractivity contribution < 1.29 is 19.0 Å². The molecule has 0 aliphatic heterocycles. The molecule has 0 unspecified atom stereocenters. The van der Waals surface area contributed by atoms with Gasteiger partial charge in [0.2, 0.25) is 0 Å². The summed E-state index contributed by atoms with van der Waals surface area (Å²) in [5.74, 6) is -0.0360. The summed E-state index contributed by atoms with van der Waals surface area (Å²) in [6.45, 7) is 3.67. The van der Waals surface area contributed by atoms with E-state index in [1.807, 2.05) is 32.0 Å². The fourth-order valence-electron chi connectivity index (χ4n) is 2.12. The fourth-order valence-corrected chi connectivity index (χ4v) is 2.12. The lowest BCUT2D eigenvalue weighted by atomic mass is 10.1. The highest BCUT2D eigenvalue weighted by Gasteiger charge is 2.07. The number of carbonyl (C=O) groups is 1. The molecule has 2 N–H and O–H groups in total. The number of aliphatic hydroxyl groups excluding tert-OH is 1. The Labute approximate surface area is 134 Å². The molecule has 0 aromatic heterocycles. The van der Waals surface area contributed by atoms with Crippen LogP contribution in [0.4, 0.5) is 4.39 Å². The molecule has 5 heteroatoms. The number of aliphatic hydroxyl groups is 1. The molecule has 2 aromatic carbocycles. The van der Waals surface area contributed by atoms with Gasteiger partial charge in [-0.1, -0.05) is 18.2 Å². The van der Waals surface area contributed by atoms with Crippen LogP contribution in [0.3, 0.4) is 0 Å². The zero-order valence-corrected chi connectivity index (χ0v) is 13.2. The number of hydrogen-bond acceptors (Lipinski definition) is 3. The highest BCUT2D eigenvalue weighted by atomic mass is 19.1. The van der Waals surface area contributed by atoms with Gasteiger partial charge in [-0.05, 0) is 48.7 Å². The number of benzene rings is 2. The van der Waals surface area contributed by atoms with Crippen molar-refractivity contribution in [3.05, 3.63) is 64.5 Å². The highest BCUT2D eigenvalue weighted by Crippen LogP contribution is 2.18. The van der Waals surface area contributed by atoms with Crippen LogP contribution in [-0.2, 0) is 17.9 Å². The second-order valence-corrected chi connectivity index (χ2v) is 5.42. The molecule has 0 fully saturated rings. The van der Waals surface area contributed by atoms with Gasteiger partial charge in [0, 0.05) is 12.1 Å². The van der Waals surface area contributed by atoms with E-state index in [1.165, 1.54) is 12.1 Å². The van der Waals surface area contributed by atoms with Gasteiger partial charge in [-0.3, -0.25) is 4.79 Å². The molecule has 0 aliphatic carbocycles. The summed E-state index contributed by atoms with van der Waals surface area (Å²) in [6, 6.07) is 10.2. The molecular weight excluding hydrogens is 297 g/mol. The highest BCUT2D eigenvalue weighted by molar-refractivity contribution is 5.77. The zero-order chi connectivity index (χ0) is 16.8. The molecule has 0 saturated carbocycles. The van der Waals surface area contributed by atoms with Crippen molar-refractivity contribution in [1.29, 1.82) is 0 Å². The Hall–Kier alpha value is -2.40. The van der Waals surface area contributed by atoms with Crippen LogP contribution in [-0.4, -0.2) is 17.6 Å². The van der Waals surface area contributed by atoms with E-state index in [0.717, 1.165) is 16.7 Å². The Morgan fingerprint density at radius 2 is 2.00 bits per heavy atom. The number of amides is 1. The standard InChI is InChI=1S/C18H20FNO3/c1-12-3-4-13(2)17(7-12)23-11-18(22)20-9-14-5-6-16(19)15(8-14)10-21/h3-8,21H,9-11H2,1-2H3,(H,20,22). The third kappa shape index (κ3) is 4.79. The maximum atomic E-state index is 13.3. The fraction of sp³-hybridized carbons (Fsp3) is 0.278. The third-order valence-corrected chi connectivity index (χ3v) is 3.47. The molecule has 2 rings (SSSR count). The van der Waals surface area contributed by atoms with Crippen molar-refractivity contribution >= 4 is 5.91 Å². The predicted molar refractivity (Wildman–Crippen MR) is 85.6 cm³/mol. The van der Waals surface area contributed by atoms with Gasteiger partial charge in [-0.25, -0.2) is 4.39 Å². The average Bonchev–Trinajstić information content (AvgIpc) is 2.54.